The number of hydrogen-bond acceptors (Lipinski definition) is 4. The van der Waals surface area contributed by atoms with Crippen LogP contribution in [-0.2, 0) is 21.1 Å². The van der Waals surface area contributed by atoms with E-state index in [-0.39, 0.29) is 26.8 Å². The Balaban J connectivity index is 0.00000451. The van der Waals surface area contributed by atoms with Crippen LogP contribution in [0.1, 0.15) is 101 Å². The van der Waals surface area contributed by atoms with Crippen molar-refractivity contribution in [2.45, 2.75) is 79.1 Å². The molecule has 1 aliphatic heterocycles. The summed E-state index contributed by atoms with van der Waals surface area (Å²) in [5.74, 6) is 2.33. The Kier molecular flexibility index (Phi) is 10.7. The van der Waals surface area contributed by atoms with Gasteiger partial charge in [-0.05, 0) is 76.7 Å². The molecule has 5 nitrogen and oxygen atoms in total. The average molecular weight is 818 g/mol. The van der Waals surface area contributed by atoms with Gasteiger partial charge in [0.2, 0.25) is 0 Å². The summed E-state index contributed by atoms with van der Waals surface area (Å²) in [6, 6.07) is 30.5. The number of aromatic hydroxyl groups is 1. The Morgan fingerprint density at radius 2 is 1.15 bits per heavy atom. The maximum Gasteiger partial charge on any atom is 2.00 e. The molecule has 48 heavy (non-hydrogen) atoms. The molecular formula is C42H46N4OPt. The molecule has 5 aromatic rings. The van der Waals surface area contributed by atoms with E-state index in [1.54, 1.807) is 6.07 Å². The van der Waals surface area contributed by atoms with Crippen LogP contribution in [0, 0.1) is 12.7 Å². The first kappa shape index (κ1) is 35.2. The molecule has 4 aromatic carbocycles. The maximum absolute atomic E-state index is 11.0. The van der Waals surface area contributed by atoms with Gasteiger partial charge in [0, 0.05) is 11.4 Å². The standard InChI is InChI=1S/C42H46N4O.Pt/c1-27(2)33-17-12-18-34(28(3)4)40(33)45-23-22-44(26-45)32-15-11-14-31(24-32)38-25-46(42(43-38)37-16-9-10-21-39(37)47)41-35(29(5)6)19-13-20-36(41)30(7)8;/h9-23,25-30,47H,1-8H3;/q-2;+2. The maximum atomic E-state index is 11.0. The van der Waals surface area contributed by atoms with Crippen molar-refractivity contribution in [2.24, 2.45) is 0 Å². The first-order chi connectivity index (χ1) is 22.5. The number of anilines is 2. The molecule has 0 atom stereocenters. The van der Waals surface area contributed by atoms with E-state index >= 15 is 0 Å². The van der Waals surface area contributed by atoms with Crippen molar-refractivity contribution >= 4 is 11.4 Å². The van der Waals surface area contributed by atoms with Crippen molar-refractivity contribution in [3.8, 4) is 34.1 Å². The number of phenols is 1. The Hall–Kier alpha value is -4.08. The third-order valence-electron chi connectivity index (χ3n) is 9.01. The minimum absolute atomic E-state index is 0. The van der Waals surface area contributed by atoms with Gasteiger partial charge in [0.15, 0.2) is 0 Å². The number of rotatable bonds is 9. The van der Waals surface area contributed by atoms with Gasteiger partial charge in [0.05, 0.1) is 11.3 Å². The van der Waals surface area contributed by atoms with Gasteiger partial charge >= 0.3 is 21.1 Å². The van der Waals surface area contributed by atoms with Crippen molar-refractivity contribution in [3.05, 3.63) is 132 Å². The molecule has 1 N–H and O–H groups in total. The SMILES string of the molecule is CC(C)c1cccc(C(C)C)c1N1C=CN(c2[c-]c(-c3cn(-c4c(C(C)C)cccc4C(C)C)c(-c4ccccc4O)n3)ccc2)[CH-]1.[Pt+2]. The molecule has 1 aromatic heterocycles. The predicted octanol–water partition coefficient (Wildman–Crippen LogP) is 11.1. The molecule has 2 heterocycles. The van der Waals surface area contributed by atoms with Crippen LogP contribution in [0.2, 0.25) is 0 Å². The van der Waals surface area contributed by atoms with E-state index in [1.807, 2.05) is 18.2 Å². The van der Waals surface area contributed by atoms with Crippen molar-refractivity contribution < 1.29 is 26.2 Å². The fraction of sp³-hybridized carbons (Fsp3) is 0.286. The van der Waals surface area contributed by atoms with Crippen molar-refractivity contribution in [2.75, 3.05) is 9.80 Å². The van der Waals surface area contributed by atoms with Gasteiger partial charge in [-0.3, -0.25) is 4.98 Å². The first-order valence-corrected chi connectivity index (χ1v) is 16.8. The van der Waals surface area contributed by atoms with Gasteiger partial charge in [-0.2, -0.15) is 0 Å². The topological polar surface area (TPSA) is 44.5 Å². The second-order valence-corrected chi connectivity index (χ2v) is 13.7. The van der Waals surface area contributed by atoms with E-state index in [0.29, 0.717) is 35.1 Å². The third kappa shape index (κ3) is 6.76. The summed E-state index contributed by atoms with van der Waals surface area (Å²) in [5, 5.41) is 11.0. The summed E-state index contributed by atoms with van der Waals surface area (Å²) in [7, 11) is 0. The van der Waals surface area contributed by atoms with E-state index in [9.17, 15) is 5.11 Å². The van der Waals surface area contributed by atoms with Gasteiger partial charge in [-0.15, -0.1) is 36.5 Å². The van der Waals surface area contributed by atoms with Gasteiger partial charge in [0.25, 0.3) is 0 Å². The fourth-order valence-corrected chi connectivity index (χ4v) is 6.52. The predicted molar refractivity (Wildman–Crippen MR) is 196 cm³/mol. The number of hydrogen-bond donors (Lipinski definition) is 1. The van der Waals surface area contributed by atoms with E-state index < -0.39 is 0 Å². The molecule has 6 rings (SSSR count). The Labute approximate surface area is 301 Å². The van der Waals surface area contributed by atoms with Crippen molar-refractivity contribution in [1.29, 1.82) is 0 Å². The van der Waals surface area contributed by atoms with E-state index in [0.717, 1.165) is 22.6 Å². The summed E-state index contributed by atoms with van der Waals surface area (Å²) in [6.45, 7) is 20.1. The second-order valence-electron chi connectivity index (χ2n) is 13.7. The number of para-hydroxylation sites is 3. The van der Waals surface area contributed by atoms with Crippen LogP contribution >= 0.6 is 0 Å². The van der Waals surface area contributed by atoms with Crippen molar-refractivity contribution in [3.63, 3.8) is 0 Å². The second kappa shape index (κ2) is 14.6. The van der Waals surface area contributed by atoms with E-state index in [1.165, 1.54) is 27.9 Å². The number of aromatic nitrogens is 2. The van der Waals surface area contributed by atoms with Crippen LogP contribution in [0.3, 0.4) is 0 Å². The summed E-state index contributed by atoms with van der Waals surface area (Å²) >= 11 is 0. The number of nitrogens with zero attached hydrogens (tertiary/aromatic N) is 4. The number of phenolic OH excluding ortho intramolecular Hbond substituents is 1. The molecule has 0 bridgehead atoms. The van der Waals surface area contributed by atoms with Gasteiger partial charge in [-0.1, -0.05) is 110 Å². The molecule has 0 fully saturated rings. The van der Waals surface area contributed by atoms with Gasteiger partial charge in [-0.25, -0.2) is 0 Å². The van der Waals surface area contributed by atoms with Crippen LogP contribution in [0.4, 0.5) is 11.4 Å². The molecule has 0 spiro atoms. The zero-order valence-corrected chi connectivity index (χ0v) is 31.4. The summed E-state index contributed by atoms with van der Waals surface area (Å²) in [5.41, 5.74) is 10.8. The molecule has 0 saturated heterocycles. The Bertz CT molecular complexity index is 1870. The average Bonchev–Trinajstić information content (AvgIpc) is 3.73. The smallest absolute Gasteiger partial charge is 0.507 e. The number of benzene rings is 4. The molecular weight excluding hydrogens is 772 g/mol. The van der Waals surface area contributed by atoms with Crippen LogP contribution in [0.5, 0.6) is 5.75 Å². The minimum atomic E-state index is 0. The van der Waals surface area contributed by atoms with Gasteiger partial charge < -0.3 is 19.5 Å². The molecule has 0 unspecified atom stereocenters. The normalized spacial score (nSPS) is 13.0. The minimum Gasteiger partial charge on any atom is -0.507 e. The monoisotopic (exact) mass is 817 g/mol. The zero-order chi connectivity index (χ0) is 33.4. The molecule has 250 valence electrons. The Morgan fingerprint density at radius 3 is 1.71 bits per heavy atom. The number of imidazole rings is 1. The van der Waals surface area contributed by atoms with Crippen LogP contribution in [0.25, 0.3) is 28.3 Å². The largest absolute Gasteiger partial charge is 2.00 e. The molecule has 0 amide bonds. The summed E-state index contributed by atoms with van der Waals surface area (Å²) < 4.78 is 2.18. The first-order valence-electron chi connectivity index (χ1n) is 16.8. The van der Waals surface area contributed by atoms with Crippen LogP contribution in [0.15, 0.2) is 97.5 Å². The molecule has 0 radical (unpaired) electrons. The van der Waals surface area contributed by atoms with E-state index in [4.69, 9.17) is 4.98 Å². The molecule has 1 aliphatic rings. The zero-order valence-electron chi connectivity index (χ0n) is 29.2. The van der Waals surface area contributed by atoms with Crippen LogP contribution < -0.4 is 9.80 Å². The molecule has 0 saturated carbocycles. The quantitative estimate of drug-likeness (QED) is 0.151. The Morgan fingerprint density at radius 1 is 0.625 bits per heavy atom. The molecule has 6 heteroatoms. The van der Waals surface area contributed by atoms with E-state index in [2.05, 4.69) is 156 Å². The van der Waals surface area contributed by atoms with Crippen LogP contribution in [-0.4, -0.2) is 14.7 Å². The molecule has 0 aliphatic carbocycles. The third-order valence-corrected chi connectivity index (χ3v) is 9.01. The fourth-order valence-electron chi connectivity index (χ4n) is 6.52. The summed E-state index contributed by atoms with van der Waals surface area (Å²) in [6.07, 6.45) is 6.33. The summed E-state index contributed by atoms with van der Waals surface area (Å²) in [4.78, 5) is 9.56. The van der Waals surface area contributed by atoms with Gasteiger partial charge in [0.1, 0.15) is 11.6 Å². The van der Waals surface area contributed by atoms with Crippen molar-refractivity contribution in [1.82, 2.24) is 9.55 Å².